The van der Waals surface area contributed by atoms with Crippen molar-refractivity contribution in [3.63, 3.8) is 0 Å². The van der Waals surface area contributed by atoms with Gasteiger partial charge in [0.2, 0.25) is 5.91 Å². The molecule has 1 aliphatic heterocycles. The zero-order valence-corrected chi connectivity index (χ0v) is 22.5. The van der Waals surface area contributed by atoms with E-state index >= 15 is 0 Å². The quantitative estimate of drug-likeness (QED) is 0.418. The molecule has 2 fully saturated rings. The maximum atomic E-state index is 13.4. The van der Waals surface area contributed by atoms with Gasteiger partial charge in [-0.1, -0.05) is 36.4 Å². The predicted octanol–water partition coefficient (Wildman–Crippen LogP) is 4.48. The highest BCUT2D eigenvalue weighted by Gasteiger charge is 2.44. The van der Waals surface area contributed by atoms with Gasteiger partial charge in [-0.25, -0.2) is 4.79 Å². The SMILES string of the molecule is COC(=O)NCCC[C@@](O)(c1ccccc1Oc1ccccc1C)[C@@H]1CCCN(C(=O)[C@@H]2CC[C@H](N)C2)C1. The first-order chi connectivity index (χ1) is 18.3. The Labute approximate surface area is 225 Å². The lowest BCUT2D eigenvalue weighted by molar-refractivity contribution is -0.141. The molecule has 8 nitrogen and oxygen atoms in total. The van der Waals surface area contributed by atoms with Crippen molar-refractivity contribution < 1.29 is 24.2 Å². The number of ether oxygens (including phenoxy) is 2. The van der Waals surface area contributed by atoms with Crippen LogP contribution in [0.4, 0.5) is 4.79 Å². The first kappa shape index (κ1) is 27.9. The van der Waals surface area contributed by atoms with Gasteiger partial charge in [-0.3, -0.25) is 4.79 Å². The number of hydrogen-bond acceptors (Lipinski definition) is 6. The normalized spacial score (nSPS) is 22.9. The Morgan fingerprint density at radius 1 is 1.11 bits per heavy atom. The highest BCUT2D eigenvalue weighted by molar-refractivity contribution is 5.79. The van der Waals surface area contributed by atoms with Crippen molar-refractivity contribution in [2.24, 2.45) is 17.6 Å². The van der Waals surface area contributed by atoms with E-state index < -0.39 is 11.7 Å². The van der Waals surface area contributed by atoms with Crippen LogP contribution in [0.25, 0.3) is 0 Å². The number of alkyl carbamates (subject to hydrolysis) is 1. The molecule has 2 aliphatic rings. The van der Waals surface area contributed by atoms with Gasteiger partial charge in [-0.15, -0.1) is 0 Å². The maximum Gasteiger partial charge on any atom is 0.406 e. The van der Waals surface area contributed by atoms with Gasteiger partial charge in [-0.05, 0) is 69.6 Å². The summed E-state index contributed by atoms with van der Waals surface area (Å²) in [6.45, 7) is 3.53. The van der Waals surface area contributed by atoms with E-state index in [4.69, 9.17) is 15.2 Å². The number of carbonyl (C=O) groups excluding carboxylic acids is 2. The van der Waals surface area contributed by atoms with Crippen molar-refractivity contribution in [1.82, 2.24) is 10.2 Å². The van der Waals surface area contributed by atoms with E-state index in [1.54, 1.807) is 0 Å². The van der Waals surface area contributed by atoms with Gasteiger partial charge in [0.15, 0.2) is 0 Å². The lowest BCUT2D eigenvalue weighted by atomic mass is 9.73. The summed E-state index contributed by atoms with van der Waals surface area (Å²) in [6, 6.07) is 15.5. The van der Waals surface area contributed by atoms with Gasteiger partial charge < -0.3 is 30.5 Å². The molecule has 0 aromatic heterocycles. The zero-order valence-electron chi connectivity index (χ0n) is 22.5. The van der Waals surface area contributed by atoms with Crippen molar-refractivity contribution >= 4 is 12.0 Å². The Kier molecular flexibility index (Phi) is 9.28. The molecule has 1 aliphatic carbocycles. The highest BCUT2D eigenvalue weighted by Crippen LogP contribution is 2.44. The lowest BCUT2D eigenvalue weighted by Gasteiger charge is -2.44. The van der Waals surface area contributed by atoms with Crippen LogP contribution in [0.2, 0.25) is 0 Å². The second-order valence-corrected chi connectivity index (χ2v) is 10.7. The number of likely N-dealkylation sites (tertiary alicyclic amines) is 1. The predicted molar refractivity (Wildman–Crippen MR) is 146 cm³/mol. The van der Waals surface area contributed by atoms with Crippen LogP contribution in [0, 0.1) is 18.8 Å². The molecule has 2 amide bonds. The Morgan fingerprint density at radius 2 is 1.84 bits per heavy atom. The summed E-state index contributed by atoms with van der Waals surface area (Å²) in [6.07, 6.45) is 4.48. The van der Waals surface area contributed by atoms with Gasteiger partial charge in [0, 0.05) is 43.1 Å². The second-order valence-electron chi connectivity index (χ2n) is 10.7. The number of nitrogens with one attached hydrogen (secondary N) is 1. The average molecular weight is 524 g/mol. The molecule has 4 atom stereocenters. The van der Waals surface area contributed by atoms with E-state index in [0.717, 1.165) is 43.4 Å². The number of piperidine rings is 1. The Balaban J connectivity index is 1.61. The molecule has 38 heavy (non-hydrogen) atoms. The van der Waals surface area contributed by atoms with Crippen LogP contribution in [0.5, 0.6) is 11.5 Å². The summed E-state index contributed by atoms with van der Waals surface area (Å²) in [4.78, 5) is 26.9. The van der Waals surface area contributed by atoms with E-state index in [-0.39, 0.29) is 23.8 Å². The fourth-order valence-electron chi connectivity index (χ4n) is 5.95. The molecule has 1 saturated heterocycles. The molecule has 4 N–H and O–H groups in total. The third-order valence-electron chi connectivity index (χ3n) is 8.09. The Morgan fingerprint density at radius 3 is 2.55 bits per heavy atom. The van der Waals surface area contributed by atoms with Gasteiger partial charge in [0.25, 0.3) is 0 Å². The molecule has 0 radical (unpaired) electrons. The summed E-state index contributed by atoms with van der Waals surface area (Å²) >= 11 is 0. The van der Waals surface area contributed by atoms with Gasteiger partial charge in [0.05, 0.1) is 12.7 Å². The largest absolute Gasteiger partial charge is 0.457 e. The molecular formula is C30H41N3O5. The minimum Gasteiger partial charge on any atom is -0.457 e. The van der Waals surface area contributed by atoms with Crippen LogP contribution in [0.15, 0.2) is 48.5 Å². The summed E-state index contributed by atoms with van der Waals surface area (Å²) in [5.41, 5.74) is 6.52. The van der Waals surface area contributed by atoms with Gasteiger partial charge in [0.1, 0.15) is 11.5 Å². The Hall–Kier alpha value is -3.10. The molecule has 0 bridgehead atoms. The summed E-state index contributed by atoms with van der Waals surface area (Å²) in [7, 11) is 1.33. The molecular weight excluding hydrogens is 482 g/mol. The average Bonchev–Trinajstić information content (AvgIpc) is 3.38. The molecule has 206 valence electrons. The Bertz CT molecular complexity index is 1110. The van der Waals surface area contributed by atoms with Crippen molar-refractivity contribution in [1.29, 1.82) is 0 Å². The van der Waals surface area contributed by atoms with Crippen LogP contribution < -0.4 is 15.8 Å². The van der Waals surface area contributed by atoms with Gasteiger partial charge >= 0.3 is 6.09 Å². The summed E-state index contributed by atoms with van der Waals surface area (Å²) in [5.74, 6) is 1.26. The standard InChI is InChI=1S/C30H41N3O5/c1-21-9-3-5-12-26(21)38-27-13-6-4-11-25(27)30(36,16-8-17-32-29(35)37-2)23-10-7-18-33(20-23)28(34)22-14-15-24(31)19-22/h3-6,9,11-13,22-24,36H,7-8,10,14-20,31H2,1-2H3,(H,32,35)/t22-,23-,24+,30+/m1/s1. The minimum absolute atomic E-state index is 0.0298. The van der Waals surface area contributed by atoms with E-state index in [1.165, 1.54) is 7.11 Å². The van der Waals surface area contributed by atoms with Crippen molar-refractivity contribution in [2.45, 2.75) is 63.5 Å². The van der Waals surface area contributed by atoms with Crippen molar-refractivity contribution in [3.8, 4) is 11.5 Å². The number of nitrogens with two attached hydrogens (primary N) is 1. The molecule has 0 spiro atoms. The number of rotatable bonds is 9. The monoisotopic (exact) mass is 523 g/mol. The molecule has 4 rings (SSSR count). The smallest absolute Gasteiger partial charge is 0.406 e. The molecule has 0 unspecified atom stereocenters. The first-order valence-electron chi connectivity index (χ1n) is 13.7. The van der Waals surface area contributed by atoms with E-state index in [1.807, 2.05) is 60.4 Å². The van der Waals surface area contributed by atoms with E-state index in [2.05, 4.69) is 5.32 Å². The number of aryl methyl sites for hydroxylation is 1. The van der Waals surface area contributed by atoms with E-state index in [0.29, 0.717) is 43.8 Å². The topological polar surface area (TPSA) is 114 Å². The fourth-order valence-corrected chi connectivity index (χ4v) is 5.95. The molecule has 2 aromatic carbocycles. The highest BCUT2D eigenvalue weighted by atomic mass is 16.5. The summed E-state index contributed by atoms with van der Waals surface area (Å²) in [5, 5.41) is 15.2. The number of hydrogen-bond donors (Lipinski definition) is 3. The maximum absolute atomic E-state index is 13.4. The van der Waals surface area contributed by atoms with Crippen molar-refractivity contribution in [3.05, 3.63) is 59.7 Å². The number of carbonyl (C=O) groups is 2. The number of aliphatic hydroxyl groups is 1. The molecule has 1 heterocycles. The first-order valence-corrected chi connectivity index (χ1v) is 13.7. The van der Waals surface area contributed by atoms with Crippen LogP contribution in [0.3, 0.4) is 0 Å². The number of para-hydroxylation sites is 2. The third kappa shape index (κ3) is 6.48. The minimum atomic E-state index is -1.26. The number of amides is 2. The fraction of sp³-hybridized carbons (Fsp3) is 0.533. The van der Waals surface area contributed by atoms with Crippen LogP contribution in [-0.2, 0) is 15.1 Å². The zero-order chi connectivity index (χ0) is 27.1. The van der Waals surface area contributed by atoms with Gasteiger partial charge in [-0.2, -0.15) is 0 Å². The van der Waals surface area contributed by atoms with Crippen LogP contribution >= 0.6 is 0 Å². The molecule has 1 saturated carbocycles. The lowest BCUT2D eigenvalue weighted by Crippen LogP contribution is -2.49. The number of benzene rings is 2. The number of nitrogens with zero attached hydrogens (tertiary/aromatic N) is 1. The second kappa shape index (κ2) is 12.6. The summed E-state index contributed by atoms with van der Waals surface area (Å²) < 4.78 is 11.1. The number of methoxy groups -OCH3 is 1. The third-order valence-corrected chi connectivity index (χ3v) is 8.09. The van der Waals surface area contributed by atoms with Crippen LogP contribution in [0.1, 0.15) is 56.1 Å². The molecule has 8 heteroatoms. The van der Waals surface area contributed by atoms with Crippen LogP contribution in [-0.4, -0.2) is 54.8 Å². The van der Waals surface area contributed by atoms with Crippen molar-refractivity contribution in [2.75, 3.05) is 26.7 Å². The van der Waals surface area contributed by atoms with E-state index in [9.17, 15) is 14.7 Å². The molecule has 2 aromatic rings.